The standard InChI is InChI=1S/C21H14N4OS.C21H17N3O2.C18H13N5O.C18H14N4OS.C17H12N4O2.C17H12N4OS/c26-15-7-5-14(6-8-15)21-23-12-18-17(25-21)9-13(11-22-18)10-20-24-16-3-1-2-4-19(16)27-20;1-26-18-8-2-14(3-9-18)10-15-11-19-20(22-12-15)13-23-21(24-19)16-4-6-17(25)7-5-16;24-14-4-2-13(3-5-14)18-22-11-16-15(23-18)8-12(10-21-16)9-17-19-6-1-7-20-17;1-11-10-24-17(21-11)7-12-6-15-16(19-8-12)9-20-18(22-15)13-2-4-14(23)5-3-13;22-14-3-1-12(2-4-14)17-19-10-16-15(20-17)8-11(9-18-16)7-13-5-6-23-21-13;22-13-3-1-12(2-4-13)17-20-10-15-14(21-17)7-11(9-19-15)8-16-18-5-6-23-16/h1-9,11-12,26H,10H2;2-9,11-13,25H,10H2,1H3;1-8,10-11,24H,9H2;2-6,8-10,23H,7H2,1H3;1-6,8-10,22H,7H2;1-7,9-10,22H,8H2. The number of phenols is 6. The lowest BCUT2D eigenvalue weighted by atomic mass is 10.1. The molecule has 6 N–H and O–H groups in total. The van der Waals surface area contributed by atoms with Crippen LogP contribution in [0.15, 0.2) is 357 Å². The summed E-state index contributed by atoms with van der Waals surface area (Å²) in [6.45, 7) is 2.00. The van der Waals surface area contributed by atoms with Crippen molar-refractivity contribution in [2.75, 3.05) is 7.11 Å². The number of pyridine rings is 6. The highest BCUT2D eigenvalue weighted by molar-refractivity contribution is 7.18. The summed E-state index contributed by atoms with van der Waals surface area (Å²) < 4.78 is 11.2. The van der Waals surface area contributed by atoms with Gasteiger partial charge in [-0.25, -0.2) is 84.7 Å². The van der Waals surface area contributed by atoms with Crippen molar-refractivity contribution < 1.29 is 39.9 Å². The maximum atomic E-state index is 9.45. The van der Waals surface area contributed by atoms with Crippen LogP contribution in [-0.2, 0) is 38.5 Å². The number of hydrogen-bond donors (Lipinski definition) is 6. The van der Waals surface area contributed by atoms with Gasteiger partial charge in [0.25, 0.3) is 0 Å². The van der Waals surface area contributed by atoms with Crippen molar-refractivity contribution in [3.05, 3.63) is 424 Å². The maximum Gasteiger partial charge on any atom is 0.159 e. The van der Waals surface area contributed by atoms with E-state index < -0.39 is 0 Å². The Morgan fingerprint density at radius 2 is 0.605 bits per heavy atom. The van der Waals surface area contributed by atoms with Crippen LogP contribution in [0.4, 0.5) is 0 Å². The molecule has 0 aliphatic carbocycles. The Hall–Kier alpha value is -19.3. The summed E-state index contributed by atoms with van der Waals surface area (Å²) in [5, 5.41) is 67.5. The van der Waals surface area contributed by atoms with Crippen LogP contribution in [0.2, 0.25) is 0 Å². The Balaban J connectivity index is 0.000000107. The lowest BCUT2D eigenvalue weighted by Gasteiger charge is -2.06. The number of para-hydroxylation sites is 1. The number of fused-ring (bicyclic) bond motifs is 7. The summed E-state index contributed by atoms with van der Waals surface area (Å²) in [7, 11) is 1.66. The number of methoxy groups -OCH3 is 1. The summed E-state index contributed by atoms with van der Waals surface area (Å²) in [5.41, 5.74) is 24.7. The summed E-state index contributed by atoms with van der Waals surface area (Å²) in [6.07, 6.45) is 32.3. The van der Waals surface area contributed by atoms with Gasteiger partial charge in [0, 0.05) is 144 Å². The van der Waals surface area contributed by atoms with E-state index in [0.29, 0.717) is 47.8 Å². The van der Waals surface area contributed by atoms with Crippen molar-refractivity contribution in [1.29, 1.82) is 0 Å². The third-order valence-electron chi connectivity index (χ3n) is 22.7. The second kappa shape index (κ2) is 44.7. The third-order valence-corrected chi connectivity index (χ3v) is 25.5. The number of thiazole rings is 3. The van der Waals surface area contributed by atoms with Gasteiger partial charge < -0.3 is 39.9 Å². The molecule has 0 unspecified atom stereocenters. The van der Waals surface area contributed by atoms with Gasteiger partial charge in [0.15, 0.2) is 34.9 Å². The number of hydrogen-bond acceptors (Lipinski definition) is 35. The summed E-state index contributed by atoms with van der Waals surface area (Å²) >= 11 is 4.99. The number of nitrogens with zero attached hydrogens (tertiary/aromatic N) is 24. The molecule has 0 radical (unpaired) electrons. The van der Waals surface area contributed by atoms with Gasteiger partial charge >= 0.3 is 0 Å². The average Bonchev–Trinajstić information content (AvgIpc) is 1.72. The van der Waals surface area contributed by atoms with E-state index in [9.17, 15) is 30.6 Å². The lowest BCUT2D eigenvalue weighted by molar-refractivity contribution is 0.413. The van der Waals surface area contributed by atoms with Crippen molar-refractivity contribution in [1.82, 2.24) is 120 Å². The molecule has 32 nitrogen and oxygen atoms in total. The lowest BCUT2D eigenvalue weighted by Crippen LogP contribution is -1.97. The molecule has 0 saturated heterocycles. The first-order chi connectivity index (χ1) is 71.9. The molecule has 17 heterocycles. The molecule has 147 heavy (non-hydrogen) atoms. The molecule has 0 aliphatic heterocycles. The first kappa shape index (κ1) is 95.3. The first-order valence-electron chi connectivity index (χ1n) is 45.8. The molecule has 0 aliphatic rings. The summed E-state index contributed by atoms with van der Waals surface area (Å²) in [4.78, 5) is 102. The fraction of sp³-hybridized carbons (Fsp3) is 0.0714. The van der Waals surface area contributed by atoms with Crippen molar-refractivity contribution in [2.24, 2.45) is 0 Å². The van der Waals surface area contributed by atoms with Crippen molar-refractivity contribution in [3.63, 3.8) is 0 Å². The minimum absolute atomic E-state index is 0.214. The maximum absolute atomic E-state index is 9.45. The van der Waals surface area contributed by atoms with Crippen LogP contribution >= 0.6 is 34.0 Å². The zero-order chi connectivity index (χ0) is 100. The number of phenolic OH excluding ortho intramolecular Hbond substituents is 6. The van der Waals surface area contributed by atoms with Gasteiger partial charge in [-0.1, -0.05) is 29.4 Å². The molecule has 0 amide bonds. The van der Waals surface area contributed by atoms with Crippen LogP contribution in [-0.4, -0.2) is 158 Å². The van der Waals surface area contributed by atoms with Crippen LogP contribution in [0.25, 0.3) is 145 Å². The Labute approximate surface area is 849 Å². The largest absolute Gasteiger partial charge is 0.508 e. The van der Waals surface area contributed by atoms with Crippen LogP contribution in [0, 0.1) is 6.92 Å². The zero-order valence-corrected chi connectivity index (χ0v) is 80.6. The second-order valence-electron chi connectivity index (χ2n) is 33.4. The van der Waals surface area contributed by atoms with Crippen molar-refractivity contribution >= 4 is 110 Å². The molecule has 25 rings (SSSR count). The normalized spacial score (nSPS) is 11.0. The summed E-state index contributed by atoms with van der Waals surface area (Å²) in [5.74, 6) is 6.55. The van der Waals surface area contributed by atoms with Crippen LogP contribution in [0.5, 0.6) is 40.2 Å². The van der Waals surface area contributed by atoms with E-state index in [-0.39, 0.29) is 34.5 Å². The highest BCUT2D eigenvalue weighted by atomic mass is 32.1. The van der Waals surface area contributed by atoms with Crippen molar-refractivity contribution in [2.45, 2.75) is 45.4 Å². The molecule has 25 aromatic rings. The first-order valence-corrected chi connectivity index (χ1v) is 48.4. The number of aryl methyl sites for hydroxylation is 1. The van der Waals surface area contributed by atoms with Gasteiger partial charge in [0.1, 0.15) is 85.4 Å². The van der Waals surface area contributed by atoms with Gasteiger partial charge in [-0.2, -0.15) is 0 Å². The molecule has 716 valence electrons. The van der Waals surface area contributed by atoms with Gasteiger partial charge in [-0.05, 0) is 265 Å². The number of rotatable bonds is 19. The van der Waals surface area contributed by atoms with Gasteiger partial charge in [-0.3, -0.25) is 29.9 Å². The summed E-state index contributed by atoms with van der Waals surface area (Å²) in [6, 6.07) is 72.8. The van der Waals surface area contributed by atoms with E-state index in [2.05, 4.69) is 126 Å². The molecule has 17 aromatic heterocycles. The average molecular weight is 1990 g/mol. The highest BCUT2D eigenvalue weighted by Crippen LogP contribution is 2.32. The quantitative estimate of drug-likeness (QED) is 0.0438. The monoisotopic (exact) mass is 1990 g/mol. The molecule has 8 aromatic carbocycles. The van der Waals surface area contributed by atoms with E-state index in [0.717, 1.165) is 202 Å². The highest BCUT2D eigenvalue weighted by Gasteiger charge is 2.17. The van der Waals surface area contributed by atoms with Gasteiger partial charge in [0.05, 0.1) is 108 Å². The van der Waals surface area contributed by atoms with Gasteiger partial charge in [-0.15, -0.1) is 34.0 Å². The van der Waals surface area contributed by atoms with Crippen LogP contribution in [0.1, 0.15) is 71.2 Å². The predicted molar refractivity (Wildman–Crippen MR) is 564 cm³/mol. The minimum Gasteiger partial charge on any atom is -0.508 e. The number of benzene rings is 8. The number of aromatic nitrogens is 24. The Kier molecular flexibility index (Phi) is 29.0. The molecule has 0 bridgehead atoms. The van der Waals surface area contributed by atoms with Crippen molar-refractivity contribution in [3.8, 4) is 109 Å². The molecule has 0 saturated carbocycles. The number of ether oxygens (including phenoxy) is 1. The molecule has 35 heteroatoms. The van der Waals surface area contributed by atoms with E-state index in [4.69, 9.17) is 14.2 Å². The molecule has 0 fully saturated rings. The SMILES string of the molecule is COc1ccc(Cc2cnc3cnc(-c4ccc(O)cc4)nc3c2)cc1.Cc1csc(Cc2cnc3cnc(-c4ccc(O)cc4)nc3c2)n1.Oc1ccc(-c2ncc3ncc(Cc4ccon4)cc3n2)cc1.Oc1ccc(-c2ncc3ncc(Cc4nc5ccccc5s4)cc3n2)cc1.Oc1ccc(-c2ncc3ncc(Cc4ncccn4)cc3n2)cc1.Oc1ccc(-c2ncc3ncc(Cc4nccs4)cc3n2)cc1. The molecule has 0 spiro atoms. The van der Waals surface area contributed by atoms with E-state index in [1.807, 2.05) is 122 Å². The fourth-order valence-electron chi connectivity index (χ4n) is 15.3. The second-order valence-corrected chi connectivity index (χ2v) is 36.4. The topological polar surface area (TPSA) is 453 Å². The minimum atomic E-state index is 0.214. The fourth-order valence-corrected chi connectivity index (χ4v) is 17.8. The predicted octanol–water partition coefficient (Wildman–Crippen LogP) is 21.5. The molecule has 0 atom stereocenters. The molecular formula is C112H82N24O8S3. The zero-order valence-electron chi connectivity index (χ0n) is 78.2. The Morgan fingerprint density at radius 3 is 0.932 bits per heavy atom. The molecular weight excluding hydrogens is 1910 g/mol. The Bertz CT molecular complexity index is 8680. The van der Waals surface area contributed by atoms with E-state index in [1.165, 1.54) is 10.3 Å². The van der Waals surface area contributed by atoms with E-state index >= 15 is 0 Å². The van der Waals surface area contributed by atoms with Gasteiger partial charge in [0.2, 0.25) is 0 Å². The number of aromatic hydroxyl groups is 6. The smallest absolute Gasteiger partial charge is 0.159 e. The van der Waals surface area contributed by atoms with Crippen LogP contribution < -0.4 is 4.74 Å². The third kappa shape index (κ3) is 24.7. The van der Waals surface area contributed by atoms with E-state index in [1.54, 1.807) is 267 Å². The van der Waals surface area contributed by atoms with Crippen LogP contribution in [0.3, 0.4) is 0 Å². The Morgan fingerprint density at radius 1 is 0.265 bits per heavy atom.